The van der Waals surface area contributed by atoms with Crippen LogP contribution >= 0.6 is 0 Å². The maximum absolute atomic E-state index is 12.3. The van der Waals surface area contributed by atoms with Crippen LogP contribution in [0.25, 0.3) is 0 Å². The third-order valence-corrected chi connectivity index (χ3v) is 3.77. The van der Waals surface area contributed by atoms with Crippen LogP contribution in [0, 0.1) is 5.92 Å². The lowest BCUT2D eigenvalue weighted by Gasteiger charge is -2.24. The molecule has 1 atom stereocenters. The molecule has 0 aromatic heterocycles. The number of carbonyl (C=O) groups excluding carboxylic acids is 2. The molecule has 0 saturated carbocycles. The van der Waals surface area contributed by atoms with Crippen LogP contribution < -0.4 is 4.74 Å². The van der Waals surface area contributed by atoms with Crippen LogP contribution in [0.3, 0.4) is 0 Å². The van der Waals surface area contributed by atoms with Gasteiger partial charge in [0.2, 0.25) is 0 Å². The summed E-state index contributed by atoms with van der Waals surface area (Å²) in [4.78, 5) is 26.0. The molecular formula is C19H25NO4. The number of benzene rings is 1. The van der Waals surface area contributed by atoms with Gasteiger partial charge in [0, 0.05) is 13.1 Å². The Kier molecular flexibility index (Phi) is 5.65. The first-order chi connectivity index (χ1) is 11.3. The topological polar surface area (TPSA) is 55.8 Å². The fourth-order valence-corrected chi connectivity index (χ4v) is 2.60. The molecule has 1 aliphatic heterocycles. The first-order valence-electron chi connectivity index (χ1n) is 8.13. The quantitative estimate of drug-likeness (QED) is 0.624. The van der Waals surface area contributed by atoms with Gasteiger partial charge < -0.3 is 14.4 Å². The van der Waals surface area contributed by atoms with E-state index >= 15 is 0 Å². The lowest BCUT2D eigenvalue weighted by molar-refractivity contribution is 0.0291. The Labute approximate surface area is 143 Å². The highest BCUT2D eigenvalue weighted by atomic mass is 16.6. The van der Waals surface area contributed by atoms with Crippen molar-refractivity contribution in [2.45, 2.75) is 32.8 Å². The van der Waals surface area contributed by atoms with Crippen LogP contribution in [-0.2, 0) is 4.74 Å². The Morgan fingerprint density at radius 2 is 1.96 bits per heavy atom. The van der Waals surface area contributed by atoms with Crippen molar-refractivity contribution in [1.29, 1.82) is 0 Å². The predicted octanol–water partition coefficient (Wildman–Crippen LogP) is 3.69. The van der Waals surface area contributed by atoms with E-state index in [0.29, 0.717) is 24.4 Å². The smallest absolute Gasteiger partial charge is 0.410 e. The van der Waals surface area contributed by atoms with Crippen molar-refractivity contribution in [3.05, 3.63) is 42.0 Å². The largest absolute Gasteiger partial charge is 0.496 e. The van der Waals surface area contributed by atoms with E-state index < -0.39 is 5.60 Å². The van der Waals surface area contributed by atoms with Gasteiger partial charge in [-0.2, -0.15) is 0 Å². The van der Waals surface area contributed by atoms with E-state index in [9.17, 15) is 9.59 Å². The van der Waals surface area contributed by atoms with Crippen molar-refractivity contribution in [2.75, 3.05) is 20.2 Å². The molecule has 1 saturated heterocycles. The maximum Gasteiger partial charge on any atom is 0.410 e. The molecular weight excluding hydrogens is 306 g/mol. The molecule has 1 aromatic carbocycles. The van der Waals surface area contributed by atoms with E-state index in [2.05, 4.69) is 0 Å². The van der Waals surface area contributed by atoms with E-state index in [1.807, 2.05) is 39.0 Å². The van der Waals surface area contributed by atoms with Gasteiger partial charge in [-0.25, -0.2) is 4.79 Å². The van der Waals surface area contributed by atoms with Crippen molar-refractivity contribution >= 4 is 11.9 Å². The van der Waals surface area contributed by atoms with E-state index in [-0.39, 0.29) is 17.8 Å². The summed E-state index contributed by atoms with van der Waals surface area (Å²) in [7, 11) is 1.55. The lowest BCUT2D eigenvalue weighted by Crippen LogP contribution is -2.35. The van der Waals surface area contributed by atoms with Crippen molar-refractivity contribution in [3.63, 3.8) is 0 Å². The Morgan fingerprint density at radius 1 is 1.25 bits per heavy atom. The number of nitrogens with zero attached hydrogens (tertiary/aromatic N) is 1. The van der Waals surface area contributed by atoms with Gasteiger partial charge in [-0.05, 0) is 51.3 Å². The SMILES string of the molecule is COc1ccccc1C(=O)/C=C/C1CCN(C(=O)OC(C)(C)C)C1. The van der Waals surface area contributed by atoms with E-state index in [4.69, 9.17) is 9.47 Å². The van der Waals surface area contributed by atoms with Crippen molar-refractivity contribution in [3.8, 4) is 5.75 Å². The maximum atomic E-state index is 12.3. The average Bonchev–Trinajstić information content (AvgIpc) is 3.00. The summed E-state index contributed by atoms with van der Waals surface area (Å²) < 4.78 is 10.6. The number of para-hydroxylation sites is 1. The number of methoxy groups -OCH3 is 1. The molecule has 1 fully saturated rings. The molecule has 5 nitrogen and oxygen atoms in total. The van der Waals surface area contributed by atoms with Crippen LogP contribution in [-0.4, -0.2) is 42.6 Å². The number of amides is 1. The van der Waals surface area contributed by atoms with Gasteiger partial charge in [-0.1, -0.05) is 18.2 Å². The molecule has 1 aliphatic rings. The van der Waals surface area contributed by atoms with Crippen LogP contribution in [0.5, 0.6) is 5.75 Å². The Hall–Kier alpha value is -2.30. The van der Waals surface area contributed by atoms with Crippen LogP contribution in [0.1, 0.15) is 37.6 Å². The Bertz CT molecular complexity index is 630. The monoisotopic (exact) mass is 331 g/mol. The third-order valence-electron chi connectivity index (χ3n) is 3.77. The van der Waals surface area contributed by atoms with Crippen LogP contribution in [0.15, 0.2) is 36.4 Å². The van der Waals surface area contributed by atoms with Gasteiger partial charge in [0.1, 0.15) is 11.4 Å². The summed E-state index contributed by atoms with van der Waals surface area (Å²) in [6.07, 6.45) is 3.98. The van der Waals surface area contributed by atoms with Crippen molar-refractivity contribution in [1.82, 2.24) is 4.90 Å². The molecule has 1 aromatic rings. The number of ketones is 1. The minimum Gasteiger partial charge on any atom is -0.496 e. The summed E-state index contributed by atoms with van der Waals surface area (Å²) in [6, 6.07) is 7.15. The van der Waals surface area contributed by atoms with Crippen molar-refractivity contribution < 1.29 is 19.1 Å². The number of likely N-dealkylation sites (tertiary alicyclic amines) is 1. The van der Waals surface area contributed by atoms with Crippen LogP contribution in [0.2, 0.25) is 0 Å². The van der Waals surface area contributed by atoms with Crippen molar-refractivity contribution in [2.24, 2.45) is 5.92 Å². The molecule has 1 heterocycles. The average molecular weight is 331 g/mol. The Morgan fingerprint density at radius 3 is 2.62 bits per heavy atom. The van der Waals surface area contributed by atoms with Gasteiger partial charge in [0.15, 0.2) is 5.78 Å². The number of ether oxygens (including phenoxy) is 2. The summed E-state index contributed by atoms with van der Waals surface area (Å²) in [5.74, 6) is 0.633. The molecule has 1 amide bonds. The number of hydrogen-bond donors (Lipinski definition) is 0. The van der Waals surface area contributed by atoms with E-state index in [0.717, 1.165) is 6.42 Å². The number of allylic oxidation sites excluding steroid dienone is 1. The molecule has 0 bridgehead atoms. The molecule has 2 rings (SSSR count). The zero-order valence-electron chi connectivity index (χ0n) is 14.7. The second kappa shape index (κ2) is 7.51. The highest BCUT2D eigenvalue weighted by Gasteiger charge is 2.28. The minimum absolute atomic E-state index is 0.0943. The minimum atomic E-state index is -0.495. The summed E-state index contributed by atoms with van der Waals surface area (Å²) in [6.45, 7) is 6.77. The zero-order chi connectivity index (χ0) is 17.7. The molecule has 5 heteroatoms. The standard InChI is InChI=1S/C19H25NO4/c1-19(2,3)24-18(22)20-12-11-14(13-20)9-10-16(21)15-7-5-6-8-17(15)23-4/h5-10,14H,11-13H2,1-4H3/b10-9+. The fourth-order valence-electron chi connectivity index (χ4n) is 2.60. The normalized spacial score (nSPS) is 18.0. The number of carbonyl (C=O) groups is 2. The molecule has 0 aliphatic carbocycles. The second-order valence-corrected chi connectivity index (χ2v) is 6.90. The fraction of sp³-hybridized carbons (Fsp3) is 0.474. The second-order valence-electron chi connectivity index (χ2n) is 6.90. The summed E-state index contributed by atoms with van der Waals surface area (Å²) in [5.41, 5.74) is 0.0448. The molecule has 0 radical (unpaired) electrons. The zero-order valence-corrected chi connectivity index (χ0v) is 14.7. The predicted molar refractivity (Wildman–Crippen MR) is 92.4 cm³/mol. The molecule has 24 heavy (non-hydrogen) atoms. The first-order valence-corrected chi connectivity index (χ1v) is 8.13. The molecule has 1 unspecified atom stereocenters. The van der Waals surface area contributed by atoms with Gasteiger partial charge in [0.25, 0.3) is 0 Å². The lowest BCUT2D eigenvalue weighted by atomic mass is 10.0. The third kappa shape index (κ3) is 4.85. The van der Waals surface area contributed by atoms with Gasteiger partial charge >= 0.3 is 6.09 Å². The van der Waals surface area contributed by atoms with Gasteiger partial charge in [0.05, 0.1) is 12.7 Å². The molecule has 0 spiro atoms. The Balaban J connectivity index is 1.94. The highest BCUT2D eigenvalue weighted by molar-refractivity contribution is 6.06. The molecule has 130 valence electrons. The van der Waals surface area contributed by atoms with Gasteiger partial charge in [-0.3, -0.25) is 4.79 Å². The molecule has 0 N–H and O–H groups in total. The number of rotatable bonds is 4. The summed E-state index contributed by atoms with van der Waals surface area (Å²) in [5, 5.41) is 0. The first kappa shape index (κ1) is 18.0. The van der Waals surface area contributed by atoms with Crippen LogP contribution in [0.4, 0.5) is 4.79 Å². The number of hydrogen-bond acceptors (Lipinski definition) is 4. The van der Waals surface area contributed by atoms with E-state index in [1.54, 1.807) is 30.2 Å². The summed E-state index contributed by atoms with van der Waals surface area (Å²) >= 11 is 0. The highest BCUT2D eigenvalue weighted by Crippen LogP contribution is 2.22. The van der Waals surface area contributed by atoms with Gasteiger partial charge in [-0.15, -0.1) is 0 Å². The van der Waals surface area contributed by atoms with E-state index in [1.165, 1.54) is 0 Å².